The first kappa shape index (κ1) is 17.5. The summed E-state index contributed by atoms with van der Waals surface area (Å²) in [6.45, 7) is 0. The number of rotatable bonds is 3. The van der Waals surface area contributed by atoms with Crippen LogP contribution in [-0.2, 0) is 19.5 Å². The van der Waals surface area contributed by atoms with Crippen LogP contribution in [0.5, 0.6) is 5.75 Å². The van der Waals surface area contributed by atoms with Crippen LogP contribution in [0.25, 0.3) is 10.8 Å². The van der Waals surface area contributed by atoms with Gasteiger partial charge in [0.2, 0.25) is 0 Å². The Morgan fingerprint density at radius 2 is 1.90 bits per heavy atom. The summed E-state index contributed by atoms with van der Waals surface area (Å²) in [6.07, 6.45) is 0.715. The van der Waals surface area contributed by atoms with Crippen molar-refractivity contribution < 1.29 is 32.7 Å². The summed E-state index contributed by atoms with van der Waals surface area (Å²) in [5.41, 5.74) is 6.25. The molecule has 0 fully saturated rings. The zero-order valence-electron chi connectivity index (χ0n) is 10.8. The van der Waals surface area contributed by atoms with Crippen molar-refractivity contribution in [3.63, 3.8) is 0 Å². The van der Waals surface area contributed by atoms with E-state index in [0.29, 0.717) is 22.2 Å². The molecule has 2 aromatic carbocycles. The molecule has 0 saturated heterocycles. The zero-order valence-corrected chi connectivity index (χ0v) is 12.4. The molecule has 0 amide bonds. The van der Waals surface area contributed by atoms with Crippen LogP contribution < -0.4 is 5.73 Å². The van der Waals surface area contributed by atoms with Crippen LogP contribution in [0, 0.1) is 0 Å². The van der Waals surface area contributed by atoms with E-state index < -0.39 is 10.1 Å². The Kier molecular flexibility index (Phi) is 6.20. The van der Waals surface area contributed by atoms with Crippen molar-refractivity contribution in [3.8, 4) is 5.75 Å². The van der Waals surface area contributed by atoms with Crippen molar-refractivity contribution in [2.45, 2.75) is 4.90 Å². The lowest BCUT2D eigenvalue weighted by atomic mass is 10.1. The van der Waals surface area contributed by atoms with E-state index in [1.54, 1.807) is 18.2 Å². The fourth-order valence-electron chi connectivity index (χ4n) is 1.51. The zero-order chi connectivity index (χ0) is 16.0. The normalized spacial score (nSPS) is 11.0. The Morgan fingerprint density at radius 3 is 2.48 bits per heavy atom. The number of phenolic OH excluding ortho intramolecular Hbond substituents is 1. The monoisotopic (exact) mass is 335 g/mol. The number of aromatic hydroxyl groups is 1. The predicted octanol–water partition coefficient (Wildman–Crippen LogP) is 2.06. The minimum Gasteiger partial charge on any atom is -0.507 e. The quantitative estimate of drug-likeness (QED) is 0.218. The highest BCUT2D eigenvalue weighted by Gasteiger charge is 2.07. The first-order valence-electron chi connectivity index (χ1n) is 5.31. The van der Waals surface area contributed by atoms with Crippen LogP contribution in [0.1, 0.15) is 0 Å². The Labute approximate surface area is 124 Å². The van der Waals surface area contributed by atoms with Crippen LogP contribution in [0.2, 0.25) is 0 Å². The molecule has 10 heteroatoms. The van der Waals surface area contributed by atoms with Crippen LogP contribution in [0.15, 0.2) is 35.2 Å². The fourth-order valence-corrected chi connectivity index (χ4v) is 1.95. The van der Waals surface area contributed by atoms with Gasteiger partial charge in [0.15, 0.2) is 0 Å². The van der Waals surface area contributed by atoms with E-state index in [1.165, 1.54) is 6.07 Å². The lowest BCUT2D eigenvalue weighted by Gasteiger charge is -2.06. The number of anilines is 1. The summed E-state index contributed by atoms with van der Waals surface area (Å²) < 4.78 is 30.2. The van der Waals surface area contributed by atoms with E-state index in [4.69, 9.17) is 15.5 Å². The maximum Gasteiger partial charge on any atom is 0.261 e. The topological polar surface area (TPSA) is 139 Å². The lowest BCUT2D eigenvalue weighted by molar-refractivity contribution is -0.432. The lowest BCUT2D eigenvalue weighted by Crippen LogP contribution is -1.88. The summed E-state index contributed by atoms with van der Waals surface area (Å²) in [4.78, 5) is 0.588. The number of hydrogen-bond acceptors (Lipinski definition) is 8. The summed E-state index contributed by atoms with van der Waals surface area (Å²) in [6, 6.07) is 8.55. The van der Waals surface area contributed by atoms with Gasteiger partial charge < -0.3 is 10.8 Å². The van der Waals surface area contributed by atoms with E-state index in [-0.39, 0.29) is 5.75 Å². The van der Waals surface area contributed by atoms with Gasteiger partial charge in [-0.3, -0.25) is 4.55 Å². The molecule has 0 bridgehead atoms. The number of hydrogen-bond donors (Lipinski definition) is 4. The molecule has 0 saturated carbocycles. The standard InChI is InChI=1S/C10H9NO4S.CH4O3S/c11-8-3-1-2-6-4-7(16-15-14-13)5-9(12)10(6)8;1-5(2,3)4/h1-5,12-13H,11H2;1H3,(H,2,3,4). The second kappa shape index (κ2) is 7.45. The molecule has 21 heavy (non-hydrogen) atoms. The molecule has 0 aromatic heterocycles. The summed E-state index contributed by atoms with van der Waals surface area (Å²) in [5, 5.41) is 22.7. The molecule has 8 nitrogen and oxygen atoms in total. The summed E-state index contributed by atoms with van der Waals surface area (Å²) in [7, 11) is -3.67. The molecule has 0 aliphatic heterocycles. The molecule has 2 aromatic rings. The van der Waals surface area contributed by atoms with Crippen molar-refractivity contribution in [1.29, 1.82) is 0 Å². The van der Waals surface area contributed by atoms with Gasteiger partial charge in [-0.1, -0.05) is 17.2 Å². The van der Waals surface area contributed by atoms with Crippen LogP contribution in [0.3, 0.4) is 0 Å². The van der Waals surface area contributed by atoms with Crippen molar-refractivity contribution in [2.75, 3.05) is 12.0 Å². The number of nitrogens with two attached hydrogens (primary N) is 1. The average Bonchev–Trinajstić information content (AvgIpc) is 2.34. The van der Waals surface area contributed by atoms with Gasteiger partial charge in [-0.15, -0.1) is 4.33 Å². The first-order chi connectivity index (χ1) is 9.72. The molecule has 2 rings (SSSR count). The highest BCUT2D eigenvalue weighted by atomic mass is 32.2. The molecule has 0 radical (unpaired) electrons. The van der Waals surface area contributed by atoms with E-state index in [2.05, 4.69) is 9.37 Å². The van der Waals surface area contributed by atoms with Crippen molar-refractivity contribution >= 4 is 38.6 Å². The van der Waals surface area contributed by atoms with Gasteiger partial charge in [-0.25, -0.2) is 5.26 Å². The van der Waals surface area contributed by atoms with Crippen LogP contribution in [-0.4, -0.2) is 29.6 Å². The Balaban J connectivity index is 0.000000383. The summed E-state index contributed by atoms with van der Waals surface area (Å²) in [5.74, 6) is 0.0552. The van der Waals surface area contributed by atoms with Gasteiger partial charge in [0.1, 0.15) is 5.75 Å². The molecule has 0 atom stereocenters. The minimum atomic E-state index is -3.67. The van der Waals surface area contributed by atoms with Crippen LogP contribution >= 0.6 is 12.0 Å². The molecule has 5 N–H and O–H groups in total. The second-order valence-corrected chi connectivity index (χ2v) is 6.09. The van der Waals surface area contributed by atoms with Gasteiger partial charge in [-0.2, -0.15) is 8.42 Å². The number of fused-ring (bicyclic) bond motifs is 1. The van der Waals surface area contributed by atoms with Gasteiger partial charge >= 0.3 is 0 Å². The maximum atomic E-state index is 9.78. The third kappa shape index (κ3) is 6.16. The maximum absolute atomic E-state index is 9.78. The molecular weight excluding hydrogens is 322 g/mol. The molecule has 0 aliphatic carbocycles. The number of benzene rings is 2. The molecule has 0 spiro atoms. The smallest absolute Gasteiger partial charge is 0.261 e. The van der Waals surface area contributed by atoms with E-state index in [0.717, 1.165) is 17.4 Å². The molecule has 116 valence electrons. The highest BCUT2D eigenvalue weighted by molar-refractivity contribution is 7.94. The van der Waals surface area contributed by atoms with Gasteiger partial charge in [-0.05, 0) is 23.6 Å². The second-order valence-electron chi connectivity index (χ2n) is 3.85. The SMILES string of the molecule is CS(=O)(=O)O.Nc1cccc2cc(SOOO)cc(O)c12. The third-order valence-electron chi connectivity index (χ3n) is 2.12. The molecule has 0 unspecified atom stereocenters. The minimum absolute atomic E-state index is 0.0552. The number of phenols is 1. The van der Waals surface area contributed by atoms with Gasteiger partial charge in [0.25, 0.3) is 10.1 Å². The summed E-state index contributed by atoms with van der Waals surface area (Å²) >= 11 is 0.782. The molecular formula is C11H13NO7S2. The van der Waals surface area contributed by atoms with Crippen molar-refractivity contribution in [1.82, 2.24) is 0 Å². The van der Waals surface area contributed by atoms with E-state index in [1.807, 2.05) is 6.07 Å². The van der Waals surface area contributed by atoms with Crippen LogP contribution in [0.4, 0.5) is 5.69 Å². The third-order valence-corrected chi connectivity index (χ3v) is 2.68. The number of nitrogen functional groups attached to an aromatic ring is 1. The average molecular weight is 335 g/mol. The van der Waals surface area contributed by atoms with Gasteiger partial charge in [0, 0.05) is 16.0 Å². The fraction of sp³-hybridized carbons (Fsp3) is 0.0909. The largest absolute Gasteiger partial charge is 0.507 e. The molecule has 0 aliphatic rings. The van der Waals surface area contributed by atoms with E-state index in [9.17, 15) is 13.5 Å². The van der Waals surface area contributed by atoms with Gasteiger partial charge in [0.05, 0.1) is 18.3 Å². The Bertz CT molecular complexity index is 710. The Hall–Kier alpha value is -1.56. The first-order valence-corrected chi connectivity index (χ1v) is 7.90. The Morgan fingerprint density at radius 1 is 1.29 bits per heavy atom. The van der Waals surface area contributed by atoms with E-state index >= 15 is 0 Å². The highest BCUT2D eigenvalue weighted by Crippen LogP contribution is 2.34. The predicted molar refractivity (Wildman–Crippen MR) is 78.2 cm³/mol. The van der Waals surface area contributed by atoms with Crippen molar-refractivity contribution in [2.24, 2.45) is 0 Å². The van der Waals surface area contributed by atoms with Crippen molar-refractivity contribution in [3.05, 3.63) is 30.3 Å². The molecule has 0 heterocycles.